The summed E-state index contributed by atoms with van der Waals surface area (Å²) in [5.74, 6) is 0.0449. The Kier molecular flexibility index (Phi) is 3.96. The van der Waals surface area contributed by atoms with E-state index in [-0.39, 0.29) is 17.9 Å². The van der Waals surface area contributed by atoms with Crippen molar-refractivity contribution in [3.05, 3.63) is 42.5 Å². The normalized spacial score (nSPS) is 21.4. The molecule has 1 aliphatic rings. The molecular formula is C15H18N4O2. The Morgan fingerprint density at radius 1 is 1.43 bits per heavy atom. The minimum atomic E-state index is -0.285. The average molecular weight is 286 g/mol. The molecule has 2 atom stereocenters. The van der Waals surface area contributed by atoms with Gasteiger partial charge in [-0.1, -0.05) is 12.5 Å². The third-order valence-corrected chi connectivity index (χ3v) is 3.94. The van der Waals surface area contributed by atoms with Crippen LogP contribution in [0.3, 0.4) is 0 Å². The molecule has 0 saturated heterocycles. The third kappa shape index (κ3) is 3.11. The quantitative estimate of drug-likeness (QED) is 0.884. The molecule has 1 saturated carbocycles. The van der Waals surface area contributed by atoms with Gasteiger partial charge in [-0.05, 0) is 31.0 Å². The number of hydrogen-bond donors (Lipinski definition) is 2. The van der Waals surface area contributed by atoms with Crippen molar-refractivity contribution in [1.29, 1.82) is 0 Å². The van der Waals surface area contributed by atoms with E-state index in [1.54, 1.807) is 23.1 Å². The summed E-state index contributed by atoms with van der Waals surface area (Å²) in [4.78, 5) is 16.1. The van der Waals surface area contributed by atoms with Crippen molar-refractivity contribution in [3.8, 4) is 5.69 Å². The SMILES string of the molecule is O=C(NCC1CCCC1O)c1cccc(-n2cncn2)c1. The van der Waals surface area contributed by atoms with Gasteiger partial charge in [-0.25, -0.2) is 9.67 Å². The second-order valence-corrected chi connectivity index (χ2v) is 5.36. The first kappa shape index (κ1) is 13.8. The van der Waals surface area contributed by atoms with Gasteiger partial charge in [0.1, 0.15) is 12.7 Å². The molecule has 0 radical (unpaired) electrons. The molecule has 1 aliphatic carbocycles. The first-order valence-electron chi connectivity index (χ1n) is 7.15. The lowest BCUT2D eigenvalue weighted by atomic mass is 10.1. The summed E-state index contributed by atoms with van der Waals surface area (Å²) in [5, 5.41) is 16.7. The van der Waals surface area contributed by atoms with Gasteiger partial charge in [0.15, 0.2) is 0 Å². The highest BCUT2D eigenvalue weighted by molar-refractivity contribution is 5.94. The Labute approximate surface area is 122 Å². The Hall–Kier alpha value is -2.21. The first-order chi connectivity index (χ1) is 10.2. The van der Waals surface area contributed by atoms with Gasteiger partial charge in [0, 0.05) is 18.0 Å². The maximum absolute atomic E-state index is 12.2. The van der Waals surface area contributed by atoms with Crippen LogP contribution in [0.1, 0.15) is 29.6 Å². The van der Waals surface area contributed by atoms with Crippen molar-refractivity contribution in [2.24, 2.45) is 5.92 Å². The van der Waals surface area contributed by atoms with Gasteiger partial charge in [0.05, 0.1) is 11.8 Å². The van der Waals surface area contributed by atoms with E-state index in [2.05, 4.69) is 15.4 Å². The predicted octanol–water partition coefficient (Wildman–Crippen LogP) is 1.16. The maximum atomic E-state index is 12.2. The van der Waals surface area contributed by atoms with Gasteiger partial charge >= 0.3 is 0 Å². The molecule has 1 heterocycles. The van der Waals surface area contributed by atoms with Crippen molar-refractivity contribution in [1.82, 2.24) is 20.1 Å². The lowest BCUT2D eigenvalue weighted by Crippen LogP contribution is -2.32. The highest BCUT2D eigenvalue weighted by atomic mass is 16.3. The zero-order valence-corrected chi connectivity index (χ0v) is 11.6. The lowest BCUT2D eigenvalue weighted by Gasteiger charge is -2.15. The van der Waals surface area contributed by atoms with Gasteiger partial charge in [0.2, 0.25) is 0 Å². The van der Waals surface area contributed by atoms with Crippen LogP contribution in [0, 0.1) is 5.92 Å². The van der Waals surface area contributed by atoms with E-state index in [4.69, 9.17) is 0 Å². The second-order valence-electron chi connectivity index (χ2n) is 5.36. The largest absolute Gasteiger partial charge is 0.393 e. The van der Waals surface area contributed by atoms with Gasteiger partial charge in [-0.3, -0.25) is 4.79 Å². The third-order valence-electron chi connectivity index (χ3n) is 3.94. The van der Waals surface area contributed by atoms with Crippen molar-refractivity contribution >= 4 is 5.91 Å². The molecule has 21 heavy (non-hydrogen) atoms. The molecule has 1 fully saturated rings. The standard InChI is InChI=1S/C15H18N4O2/c20-14-6-2-4-12(14)8-17-15(21)11-3-1-5-13(7-11)19-10-16-9-18-19/h1,3,5,7,9-10,12,14,20H,2,4,6,8H2,(H,17,21). The summed E-state index contributed by atoms with van der Waals surface area (Å²) in [6.07, 6.45) is 5.60. The summed E-state index contributed by atoms with van der Waals surface area (Å²) < 4.78 is 1.61. The number of hydrogen-bond acceptors (Lipinski definition) is 4. The summed E-state index contributed by atoms with van der Waals surface area (Å²) in [5.41, 5.74) is 1.37. The number of amides is 1. The molecule has 0 aliphatic heterocycles. The Morgan fingerprint density at radius 2 is 2.33 bits per heavy atom. The van der Waals surface area contributed by atoms with Crippen LogP contribution >= 0.6 is 0 Å². The highest BCUT2D eigenvalue weighted by Crippen LogP contribution is 2.24. The maximum Gasteiger partial charge on any atom is 0.251 e. The second kappa shape index (κ2) is 6.05. The Bertz CT molecular complexity index is 612. The minimum Gasteiger partial charge on any atom is -0.393 e. The molecule has 2 aromatic rings. The molecule has 0 spiro atoms. The van der Waals surface area contributed by atoms with Crippen LogP contribution < -0.4 is 5.32 Å². The number of nitrogens with zero attached hydrogens (tertiary/aromatic N) is 3. The van der Waals surface area contributed by atoms with Gasteiger partial charge in [-0.15, -0.1) is 0 Å². The molecule has 1 aromatic heterocycles. The average Bonchev–Trinajstić information content (AvgIpc) is 3.16. The summed E-state index contributed by atoms with van der Waals surface area (Å²) in [7, 11) is 0. The molecular weight excluding hydrogens is 268 g/mol. The summed E-state index contributed by atoms with van der Waals surface area (Å²) in [6.45, 7) is 0.521. The van der Waals surface area contributed by atoms with Gasteiger partial charge in [-0.2, -0.15) is 5.10 Å². The Morgan fingerprint density at radius 3 is 3.05 bits per heavy atom. The number of rotatable bonds is 4. The number of carbonyl (C=O) groups excluding carboxylic acids is 1. The molecule has 6 heteroatoms. The summed E-state index contributed by atoms with van der Waals surface area (Å²) >= 11 is 0. The van der Waals surface area contributed by atoms with E-state index in [1.807, 2.05) is 12.1 Å². The smallest absolute Gasteiger partial charge is 0.251 e. The zero-order chi connectivity index (χ0) is 14.7. The van der Waals surface area contributed by atoms with E-state index < -0.39 is 0 Å². The topological polar surface area (TPSA) is 80.0 Å². The number of nitrogens with one attached hydrogen (secondary N) is 1. The monoisotopic (exact) mass is 286 g/mol. The fourth-order valence-electron chi connectivity index (χ4n) is 2.71. The van der Waals surface area contributed by atoms with Crippen LogP contribution in [0.25, 0.3) is 5.69 Å². The number of benzene rings is 1. The number of aromatic nitrogens is 3. The number of aliphatic hydroxyl groups is 1. The van der Waals surface area contributed by atoms with Crippen LogP contribution in [0.15, 0.2) is 36.9 Å². The number of carbonyl (C=O) groups is 1. The lowest BCUT2D eigenvalue weighted by molar-refractivity contribution is 0.0917. The van der Waals surface area contributed by atoms with E-state index in [0.29, 0.717) is 12.1 Å². The highest BCUT2D eigenvalue weighted by Gasteiger charge is 2.25. The van der Waals surface area contributed by atoms with E-state index >= 15 is 0 Å². The Balaban J connectivity index is 1.66. The fourth-order valence-corrected chi connectivity index (χ4v) is 2.71. The molecule has 2 N–H and O–H groups in total. The number of aliphatic hydroxyl groups excluding tert-OH is 1. The summed E-state index contributed by atoms with van der Waals surface area (Å²) in [6, 6.07) is 7.22. The van der Waals surface area contributed by atoms with Crippen molar-refractivity contribution in [2.75, 3.05) is 6.54 Å². The predicted molar refractivity (Wildman–Crippen MR) is 77.0 cm³/mol. The van der Waals surface area contributed by atoms with Crippen molar-refractivity contribution < 1.29 is 9.90 Å². The van der Waals surface area contributed by atoms with Crippen LogP contribution in [-0.2, 0) is 0 Å². The van der Waals surface area contributed by atoms with Crippen molar-refractivity contribution in [3.63, 3.8) is 0 Å². The van der Waals surface area contributed by atoms with Crippen LogP contribution in [-0.4, -0.2) is 38.4 Å². The molecule has 110 valence electrons. The molecule has 1 amide bonds. The van der Waals surface area contributed by atoms with E-state index in [1.165, 1.54) is 6.33 Å². The molecule has 2 unspecified atom stereocenters. The van der Waals surface area contributed by atoms with Crippen LogP contribution in [0.4, 0.5) is 0 Å². The van der Waals surface area contributed by atoms with Crippen LogP contribution in [0.5, 0.6) is 0 Å². The molecule has 0 bridgehead atoms. The van der Waals surface area contributed by atoms with Gasteiger partial charge < -0.3 is 10.4 Å². The fraction of sp³-hybridized carbons (Fsp3) is 0.400. The molecule has 1 aromatic carbocycles. The zero-order valence-electron chi connectivity index (χ0n) is 11.6. The van der Waals surface area contributed by atoms with E-state index in [0.717, 1.165) is 24.9 Å². The van der Waals surface area contributed by atoms with Crippen LogP contribution in [0.2, 0.25) is 0 Å². The molecule has 3 rings (SSSR count). The van der Waals surface area contributed by atoms with Crippen molar-refractivity contribution in [2.45, 2.75) is 25.4 Å². The molecule has 6 nitrogen and oxygen atoms in total. The minimum absolute atomic E-state index is 0.129. The first-order valence-corrected chi connectivity index (χ1v) is 7.15. The van der Waals surface area contributed by atoms with E-state index in [9.17, 15) is 9.90 Å². The van der Waals surface area contributed by atoms with Gasteiger partial charge in [0.25, 0.3) is 5.91 Å².